The summed E-state index contributed by atoms with van der Waals surface area (Å²) in [4.78, 5) is 24.0. The molecule has 1 rings (SSSR count). The Hall–Kier alpha value is -2.08. The molecule has 0 saturated carbocycles. The van der Waals surface area contributed by atoms with Gasteiger partial charge in [0.15, 0.2) is 0 Å². The molecule has 0 aliphatic rings. The minimum atomic E-state index is -0.914. The maximum atomic E-state index is 11.9. The van der Waals surface area contributed by atoms with Crippen LogP contribution >= 0.6 is 0 Å². The number of aliphatic carboxylic acids is 1. The minimum Gasteiger partial charge on any atom is -0.481 e. The number of rotatable bonds is 6. The summed E-state index contributed by atoms with van der Waals surface area (Å²) in [6.45, 7) is 2.11. The van der Waals surface area contributed by atoms with E-state index in [1.807, 2.05) is 0 Å². The second-order valence-electron chi connectivity index (χ2n) is 4.76. The van der Waals surface area contributed by atoms with Crippen molar-refractivity contribution in [1.82, 2.24) is 4.90 Å². The van der Waals surface area contributed by atoms with Crippen molar-refractivity contribution in [2.24, 2.45) is 0 Å². The van der Waals surface area contributed by atoms with Crippen LogP contribution in [0.3, 0.4) is 0 Å². The van der Waals surface area contributed by atoms with E-state index in [-0.39, 0.29) is 12.5 Å². The van der Waals surface area contributed by atoms with Crippen LogP contribution in [0.4, 0.5) is 10.5 Å². The molecule has 0 bridgehead atoms. The maximum absolute atomic E-state index is 11.9. The van der Waals surface area contributed by atoms with Gasteiger partial charge in [0.25, 0.3) is 0 Å². The lowest BCUT2D eigenvalue weighted by atomic mass is 10.1. The highest BCUT2D eigenvalue weighted by molar-refractivity contribution is 5.89. The molecular formula is C14H20N2O4. The topological polar surface area (TPSA) is 89.9 Å². The summed E-state index contributed by atoms with van der Waals surface area (Å²) in [6.07, 6.45) is -0.0333. The van der Waals surface area contributed by atoms with E-state index in [1.54, 1.807) is 38.2 Å². The van der Waals surface area contributed by atoms with Gasteiger partial charge >= 0.3 is 12.0 Å². The molecule has 3 N–H and O–H groups in total. The van der Waals surface area contributed by atoms with Gasteiger partial charge in [-0.25, -0.2) is 4.79 Å². The highest BCUT2D eigenvalue weighted by atomic mass is 16.4. The number of benzene rings is 1. The van der Waals surface area contributed by atoms with Crippen LogP contribution in [0, 0.1) is 0 Å². The SMILES string of the molecule is CC(O)CCN(C)C(=O)Nc1cccc(CC(=O)O)c1. The molecule has 0 radical (unpaired) electrons. The van der Waals surface area contributed by atoms with Crippen LogP contribution in [-0.4, -0.2) is 46.8 Å². The number of carbonyl (C=O) groups excluding carboxylic acids is 1. The number of hydrogen-bond acceptors (Lipinski definition) is 3. The zero-order chi connectivity index (χ0) is 15.1. The van der Waals surface area contributed by atoms with Crippen LogP contribution in [0.5, 0.6) is 0 Å². The molecule has 0 aliphatic heterocycles. The normalized spacial score (nSPS) is 11.8. The quantitative estimate of drug-likeness (QED) is 0.737. The number of urea groups is 1. The summed E-state index contributed by atoms with van der Waals surface area (Å²) in [5.74, 6) is -0.914. The second-order valence-corrected chi connectivity index (χ2v) is 4.76. The Morgan fingerprint density at radius 2 is 2.10 bits per heavy atom. The van der Waals surface area contributed by atoms with Gasteiger partial charge < -0.3 is 20.4 Å². The molecule has 2 amide bonds. The Balaban J connectivity index is 2.59. The summed E-state index contributed by atoms with van der Waals surface area (Å²) in [5.41, 5.74) is 1.18. The third-order valence-electron chi connectivity index (χ3n) is 2.76. The fourth-order valence-electron chi connectivity index (χ4n) is 1.63. The maximum Gasteiger partial charge on any atom is 0.321 e. The third-order valence-corrected chi connectivity index (χ3v) is 2.76. The summed E-state index contributed by atoms with van der Waals surface area (Å²) < 4.78 is 0. The van der Waals surface area contributed by atoms with Gasteiger partial charge in [-0.2, -0.15) is 0 Å². The van der Waals surface area contributed by atoms with Crippen LogP contribution in [0.15, 0.2) is 24.3 Å². The van der Waals surface area contributed by atoms with Gasteiger partial charge in [-0.15, -0.1) is 0 Å². The molecule has 0 saturated heterocycles. The van der Waals surface area contributed by atoms with E-state index in [0.717, 1.165) is 0 Å². The number of aliphatic hydroxyl groups excluding tert-OH is 1. The van der Waals surface area contributed by atoms with E-state index in [0.29, 0.717) is 24.2 Å². The largest absolute Gasteiger partial charge is 0.481 e. The summed E-state index contributed by atoms with van der Waals surface area (Å²) in [5, 5.41) is 20.6. The third kappa shape index (κ3) is 5.71. The van der Waals surface area contributed by atoms with Gasteiger partial charge in [-0.05, 0) is 31.0 Å². The fourth-order valence-corrected chi connectivity index (χ4v) is 1.63. The molecule has 1 unspecified atom stereocenters. The van der Waals surface area contributed by atoms with Gasteiger partial charge in [-0.3, -0.25) is 4.79 Å². The molecule has 1 aromatic rings. The molecule has 6 nitrogen and oxygen atoms in total. The number of nitrogens with zero attached hydrogens (tertiary/aromatic N) is 1. The van der Waals surface area contributed by atoms with E-state index >= 15 is 0 Å². The average Bonchev–Trinajstić information content (AvgIpc) is 2.35. The van der Waals surface area contributed by atoms with Crippen molar-refractivity contribution in [1.29, 1.82) is 0 Å². The van der Waals surface area contributed by atoms with Crippen LogP contribution in [0.1, 0.15) is 18.9 Å². The second kappa shape index (κ2) is 7.49. The van der Waals surface area contributed by atoms with Crippen LogP contribution in [0.25, 0.3) is 0 Å². The predicted octanol–water partition coefficient (Wildman–Crippen LogP) is 1.55. The Bertz CT molecular complexity index is 474. The number of nitrogens with one attached hydrogen (secondary N) is 1. The Labute approximate surface area is 118 Å². The summed E-state index contributed by atoms with van der Waals surface area (Å²) in [7, 11) is 1.64. The van der Waals surface area contributed by atoms with Crippen molar-refractivity contribution < 1.29 is 19.8 Å². The summed E-state index contributed by atoms with van der Waals surface area (Å²) in [6, 6.07) is 6.43. The molecule has 1 atom stereocenters. The first-order valence-electron chi connectivity index (χ1n) is 6.39. The number of hydrogen-bond donors (Lipinski definition) is 3. The highest BCUT2D eigenvalue weighted by Crippen LogP contribution is 2.12. The standard InChI is InChI=1S/C14H20N2O4/c1-10(17)6-7-16(2)14(20)15-12-5-3-4-11(8-12)9-13(18)19/h3-5,8,10,17H,6-7,9H2,1-2H3,(H,15,20)(H,18,19). The van der Waals surface area contributed by atoms with E-state index in [1.165, 1.54) is 4.90 Å². The van der Waals surface area contributed by atoms with Gasteiger partial charge in [0.1, 0.15) is 0 Å². The van der Waals surface area contributed by atoms with Crippen molar-refractivity contribution in [2.75, 3.05) is 18.9 Å². The van der Waals surface area contributed by atoms with E-state index in [2.05, 4.69) is 5.32 Å². The molecule has 6 heteroatoms. The lowest BCUT2D eigenvalue weighted by Gasteiger charge is -2.18. The van der Waals surface area contributed by atoms with Crippen LogP contribution in [-0.2, 0) is 11.2 Å². The first kappa shape index (κ1) is 16.0. The Morgan fingerprint density at radius 1 is 1.40 bits per heavy atom. The van der Waals surface area contributed by atoms with Crippen LogP contribution in [0.2, 0.25) is 0 Å². The number of carbonyl (C=O) groups is 2. The first-order valence-corrected chi connectivity index (χ1v) is 6.39. The zero-order valence-electron chi connectivity index (χ0n) is 11.7. The molecule has 20 heavy (non-hydrogen) atoms. The monoisotopic (exact) mass is 280 g/mol. The van der Waals surface area contributed by atoms with E-state index in [4.69, 9.17) is 5.11 Å². The molecule has 110 valence electrons. The molecule has 0 fully saturated rings. The van der Waals surface area contributed by atoms with E-state index < -0.39 is 12.1 Å². The number of amides is 2. The highest BCUT2D eigenvalue weighted by Gasteiger charge is 2.10. The molecule has 0 aliphatic carbocycles. The number of carboxylic acids is 1. The first-order chi connectivity index (χ1) is 9.38. The number of carboxylic acid groups (broad SMARTS) is 1. The molecule has 0 spiro atoms. The molecule has 0 aromatic heterocycles. The van der Waals surface area contributed by atoms with Gasteiger partial charge in [0.2, 0.25) is 0 Å². The minimum absolute atomic E-state index is 0.0818. The lowest BCUT2D eigenvalue weighted by molar-refractivity contribution is -0.136. The fraction of sp³-hybridized carbons (Fsp3) is 0.429. The molecular weight excluding hydrogens is 260 g/mol. The van der Waals surface area contributed by atoms with Crippen molar-refractivity contribution in [3.8, 4) is 0 Å². The van der Waals surface area contributed by atoms with Gasteiger partial charge in [0.05, 0.1) is 12.5 Å². The smallest absolute Gasteiger partial charge is 0.321 e. The number of anilines is 1. The van der Waals surface area contributed by atoms with Crippen molar-refractivity contribution in [2.45, 2.75) is 25.9 Å². The Morgan fingerprint density at radius 3 is 2.70 bits per heavy atom. The Kier molecular flexibility index (Phi) is 5.99. The number of aliphatic hydroxyl groups is 1. The van der Waals surface area contributed by atoms with Crippen molar-refractivity contribution in [3.63, 3.8) is 0 Å². The van der Waals surface area contributed by atoms with Gasteiger partial charge in [-0.1, -0.05) is 12.1 Å². The van der Waals surface area contributed by atoms with E-state index in [9.17, 15) is 14.7 Å². The lowest BCUT2D eigenvalue weighted by Crippen LogP contribution is -2.33. The molecule has 1 aromatic carbocycles. The predicted molar refractivity (Wildman–Crippen MR) is 75.7 cm³/mol. The summed E-state index contributed by atoms with van der Waals surface area (Å²) >= 11 is 0. The van der Waals surface area contributed by atoms with Crippen molar-refractivity contribution in [3.05, 3.63) is 29.8 Å². The zero-order valence-corrected chi connectivity index (χ0v) is 11.7. The average molecular weight is 280 g/mol. The van der Waals surface area contributed by atoms with Gasteiger partial charge in [0, 0.05) is 19.3 Å². The molecule has 0 heterocycles. The van der Waals surface area contributed by atoms with Crippen molar-refractivity contribution >= 4 is 17.7 Å². The van der Waals surface area contributed by atoms with Crippen LogP contribution < -0.4 is 5.32 Å².